The van der Waals surface area contributed by atoms with Crippen molar-refractivity contribution in [3.8, 4) is 34.5 Å². The summed E-state index contributed by atoms with van der Waals surface area (Å²) >= 11 is 3.55. The van der Waals surface area contributed by atoms with Gasteiger partial charge in [0.25, 0.3) is 0 Å². The van der Waals surface area contributed by atoms with Gasteiger partial charge in [-0.15, -0.1) is 0 Å². The summed E-state index contributed by atoms with van der Waals surface area (Å²) in [6.45, 7) is 17.3. The number of rotatable bonds is 24. The molecule has 3 heterocycles. The first-order valence-electron chi connectivity index (χ1n) is 19.7. The molecule has 0 bridgehead atoms. The predicted molar refractivity (Wildman–Crippen MR) is 220 cm³/mol. The van der Waals surface area contributed by atoms with Crippen molar-refractivity contribution >= 4 is 96.8 Å². The normalized spacial score (nSPS) is 12.4. The summed E-state index contributed by atoms with van der Waals surface area (Å²) in [6.07, 6.45) is 12.4. The Kier molecular flexibility index (Phi) is 12.0. The average molecular weight is 798 g/mol. The van der Waals surface area contributed by atoms with Crippen LogP contribution >= 0.6 is 22.7 Å². The zero-order chi connectivity index (χ0) is 35.5. The summed E-state index contributed by atoms with van der Waals surface area (Å²) in [4.78, 5) is 0. The summed E-state index contributed by atoms with van der Waals surface area (Å²) in [7, 11) is 0. The standard InChI is InChI=1S/C42H54O6S2Se/c1-7-13-19-43-31-32(44-20-14-8-2)38-26-25-27-29-30-28(26)40(50-38)34(46-22-16-10-4)36(48-24-18-12-6)42(30)51-41(29)35(47-23-17-11-5)33(45-21-15-9-3)39(27)49-37(25)31/h7-24H2,1-6H3. The molecule has 0 aliphatic heterocycles. The number of hydrogen-bond acceptors (Lipinski definition) is 8. The van der Waals surface area contributed by atoms with Gasteiger partial charge in [0.05, 0.1) is 0 Å². The molecule has 0 aliphatic rings. The fraction of sp³-hybridized carbons (Fsp3) is 0.571. The van der Waals surface area contributed by atoms with E-state index in [9.17, 15) is 0 Å². The first-order valence-corrected chi connectivity index (χ1v) is 23.0. The molecule has 276 valence electrons. The van der Waals surface area contributed by atoms with Crippen LogP contribution in [0.2, 0.25) is 0 Å². The molecule has 6 nitrogen and oxygen atoms in total. The molecule has 51 heavy (non-hydrogen) atoms. The fourth-order valence-corrected chi connectivity index (χ4v) is 12.3. The third kappa shape index (κ3) is 6.42. The first-order chi connectivity index (χ1) is 25.1. The summed E-state index contributed by atoms with van der Waals surface area (Å²) in [6, 6.07) is 0. The maximum absolute atomic E-state index is 6.86. The van der Waals surface area contributed by atoms with Crippen molar-refractivity contribution in [1.82, 2.24) is 0 Å². The average Bonchev–Trinajstić information content (AvgIpc) is 3.83. The summed E-state index contributed by atoms with van der Waals surface area (Å²) in [5, 5.41) is 7.85. The van der Waals surface area contributed by atoms with E-state index in [0.717, 1.165) is 121 Å². The molecular weight excluding hydrogens is 744 g/mol. The number of hydrogen-bond donors (Lipinski definition) is 0. The summed E-state index contributed by atoms with van der Waals surface area (Å²) < 4.78 is 48.3. The van der Waals surface area contributed by atoms with E-state index < -0.39 is 0 Å². The molecule has 9 heteroatoms. The van der Waals surface area contributed by atoms with Crippen molar-refractivity contribution in [3.05, 3.63) is 0 Å². The van der Waals surface area contributed by atoms with Crippen LogP contribution in [0.1, 0.15) is 119 Å². The number of ether oxygens (including phenoxy) is 6. The SMILES string of the molecule is CCCCOc1c(OCCCC)c2sc3c(OCCCC)c(OCCCC)c4[se]c5c(OCCCC)c(OCCCC)c6sc1c1c2c3c4c5c61. The predicted octanol–water partition coefficient (Wildman–Crippen LogP) is 13.2. The van der Waals surface area contributed by atoms with E-state index in [1.807, 2.05) is 22.7 Å². The second-order valence-electron chi connectivity index (χ2n) is 13.7. The molecule has 0 saturated heterocycles. The summed E-state index contributed by atoms with van der Waals surface area (Å²) in [5.41, 5.74) is 0. The number of thiophene rings is 2. The van der Waals surface area contributed by atoms with Crippen molar-refractivity contribution in [2.24, 2.45) is 0 Å². The first kappa shape index (κ1) is 36.8. The van der Waals surface area contributed by atoms with Crippen LogP contribution in [-0.2, 0) is 0 Å². The van der Waals surface area contributed by atoms with Crippen molar-refractivity contribution in [2.45, 2.75) is 119 Å². The Balaban J connectivity index is 1.65. The van der Waals surface area contributed by atoms with Crippen LogP contribution in [0, 0.1) is 0 Å². The molecule has 0 N–H and O–H groups in total. The Bertz CT molecular complexity index is 1740. The van der Waals surface area contributed by atoms with Gasteiger partial charge in [-0.05, 0) is 0 Å². The van der Waals surface area contributed by atoms with Crippen LogP contribution in [0.15, 0.2) is 0 Å². The van der Waals surface area contributed by atoms with E-state index in [1.54, 1.807) is 0 Å². The number of unbranched alkanes of at least 4 members (excludes halogenated alkanes) is 6. The van der Waals surface area contributed by atoms with Gasteiger partial charge in [-0.1, -0.05) is 0 Å². The maximum atomic E-state index is 6.86. The van der Waals surface area contributed by atoms with Crippen LogP contribution in [0.3, 0.4) is 0 Å². The Morgan fingerprint density at radius 3 is 0.843 bits per heavy atom. The minimum atomic E-state index is -0.0622. The quantitative estimate of drug-likeness (QED) is 0.0345. The van der Waals surface area contributed by atoms with E-state index in [1.165, 1.54) is 50.2 Å². The molecule has 0 aliphatic carbocycles. The van der Waals surface area contributed by atoms with Crippen LogP contribution in [0.5, 0.6) is 34.5 Å². The topological polar surface area (TPSA) is 55.4 Å². The second-order valence-corrected chi connectivity index (χ2v) is 17.9. The van der Waals surface area contributed by atoms with Crippen LogP contribution in [0.4, 0.5) is 0 Å². The van der Waals surface area contributed by atoms with Crippen molar-refractivity contribution < 1.29 is 28.4 Å². The van der Waals surface area contributed by atoms with E-state index in [0.29, 0.717) is 39.6 Å². The van der Waals surface area contributed by atoms with Gasteiger partial charge >= 0.3 is 318 Å². The van der Waals surface area contributed by atoms with Gasteiger partial charge in [-0.3, -0.25) is 0 Å². The Morgan fingerprint density at radius 2 is 0.569 bits per heavy atom. The third-order valence-corrected chi connectivity index (χ3v) is 14.7. The number of benzene rings is 4. The molecule has 7 rings (SSSR count). The van der Waals surface area contributed by atoms with Gasteiger partial charge in [-0.2, -0.15) is 0 Å². The molecule has 0 atom stereocenters. The molecule has 0 radical (unpaired) electrons. The molecule has 0 spiro atoms. The van der Waals surface area contributed by atoms with Gasteiger partial charge < -0.3 is 0 Å². The summed E-state index contributed by atoms with van der Waals surface area (Å²) in [5.74, 6) is 5.47. The molecular formula is C42H54O6S2Se. The Hall–Kier alpha value is -2.58. The molecule has 0 saturated carbocycles. The van der Waals surface area contributed by atoms with E-state index in [2.05, 4.69) is 41.5 Å². The van der Waals surface area contributed by atoms with Crippen molar-refractivity contribution in [1.29, 1.82) is 0 Å². The fourth-order valence-electron chi connectivity index (χ4n) is 7.00. The second kappa shape index (κ2) is 16.6. The molecule has 4 aromatic carbocycles. The van der Waals surface area contributed by atoms with Crippen LogP contribution in [-0.4, -0.2) is 54.1 Å². The molecule has 7 aromatic rings. The van der Waals surface area contributed by atoms with Crippen LogP contribution < -0.4 is 28.4 Å². The van der Waals surface area contributed by atoms with E-state index in [4.69, 9.17) is 28.4 Å². The third-order valence-electron chi connectivity index (χ3n) is 9.80. The van der Waals surface area contributed by atoms with E-state index in [-0.39, 0.29) is 14.5 Å². The van der Waals surface area contributed by atoms with Crippen molar-refractivity contribution in [2.75, 3.05) is 39.6 Å². The molecule has 0 unspecified atom stereocenters. The van der Waals surface area contributed by atoms with Gasteiger partial charge in [-0.25, -0.2) is 0 Å². The minimum absolute atomic E-state index is 0.0622. The van der Waals surface area contributed by atoms with Gasteiger partial charge in [0.15, 0.2) is 0 Å². The van der Waals surface area contributed by atoms with Gasteiger partial charge in [0, 0.05) is 0 Å². The van der Waals surface area contributed by atoms with E-state index >= 15 is 0 Å². The van der Waals surface area contributed by atoms with Crippen molar-refractivity contribution in [3.63, 3.8) is 0 Å². The molecule has 0 fully saturated rings. The Morgan fingerprint density at radius 1 is 0.333 bits per heavy atom. The Labute approximate surface area is 316 Å². The van der Waals surface area contributed by atoms with Gasteiger partial charge in [0.1, 0.15) is 0 Å². The van der Waals surface area contributed by atoms with Crippen LogP contribution in [0.25, 0.3) is 59.6 Å². The monoisotopic (exact) mass is 798 g/mol. The zero-order valence-electron chi connectivity index (χ0n) is 31.4. The zero-order valence-corrected chi connectivity index (χ0v) is 34.7. The molecule has 3 aromatic heterocycles. The van der Waals surface area contributed by atoms with Gasteiger partial charge in [0.2, 0.25) is 0 Å². The molecule has 0 amide bonds.